The summed E-state index contributed by atoms with van der Waals surface area (Å²) in [5.74, 6) is -1.21. The highest BCUT2D eigenvalue weighted by Gasteiger charge is 2.19. The zero-order chi connectivity index (χ0) is 25.4. The van der Waals surface area contributed by atoms with Crippen molar-refractivity contribution < 1.29 is 18.3 Å². The smallest absolute Gasteiger partial charge is 0.256 e. The van der Waals surface area contributed by atoms with Crippen LogP contribution in [0.5, 0.6) is 5.75 Å². The van der Waals surface area contributed by atoms with E-state index in [9.17, 15) is 13.6 Å². The third kappa shape index (κ3) is 4.29. The average Bonchev–Trinajstić information content (AvgIpc) is 3.26. The molecule has 180 valence electrons. The van der Waals surface area contributed by atoms with Crippen molar-refractivity contribution in [2.24, 2.45) is 0 Å². The maximum atomic E-state index is 14.2. The number of anilines is 1. The minimum atomic E-state index is -0.726. The fourth-order valence-electron chi connectivity index (χ4n) is 4.09. The molecule has 5 aromatic rings. The van der Waals surface area contributed by atoms with Crippen LogP contribution in [0.25, 0.3) is 27.8 Å². The Morgan fingerprint density at radius 1 is 0.972 bits per heavy atom. The molecule has 1 amide bonds. The molecule has 0 aliphatic rings. The quantitative estimate of drug-likeness (QED) is 0.321. The number of carbonyl (C=O) groups excluding carboxylic acids is 1. The van der Waals surface area contributed by atoms with Crippen molar-refractivity contribution in [1.29, 1.82) is 0 Å². The Kier molecular flexibility index (Phi) is 5.93. The van der Waals surface area contributed by atoms with E-state index in [1.165, 1.54) is 0 Å². The van der Waals surface area contributed by atoms with Crippen molar-refractivity contribution in [3.8, 4) is 22.7 Å². The first-order valence-electron chi connectivity index (χ1n) is 11.2. The van der Waals surface area contributed by atoms with E-state index in [4.69, 9.17) is 9.72 Å². The lowest BCUT2D eigenvalue weighted by atomic mass is 10.0. The lowest BCUT2D eigenvalue weighted by molar-refractivity contribution is 0.102. The van der Waals surface area contributed by atoms with Gasteiger partial charge in [0.05, 0.1) is 47.1 Å². The van der Waals surface area contributed by atoms with Gasteiger partial charge in [-0.2, -0.15) is 5.10 Å². The molecule has 0 aliphatic carbocycles. The van der Waals surface area contributed by atoms with Gasteiger partial charge >= 0.3 is 0 Å². The Balaban J connectivity index is 1.60. The van der Waals surface area contributed by atoms with Crippen LogP contribution in [0.3, 0.4) is 0 Å². The maximum absolute atomic E-state index is 14.2. The molecule has 36 heavy (non-hydrogen) atoms. The summed E-state index contributed by atoms with van der Waals surface area (Å²) in [7, 11) is 1.61. The molecule has 6 nitrogen and oxygen atoms in total. The van der Waals surface area contributed by atoms with E-state index < -0.39 is 17.5 Å². The lowest BCUT2D eigenvalue weighted by Gasteiger charge is -2.12. The highest BCUT2D eigenvalue weighted by Crippen LogP contribution is 2.30. The summed E-state index contributed by atoms with van der Waals surface area (Å²) in [5.41, 5.74) is 4.53. The van der Waals surface area contributed by atoms with Crippen LogP contribution in [0.4, 0.5) is 14.5 Å². The molecule has 0 saturated carbocycles. The molecule has 0 saturated heterocycles. The Bertz CT molecular complexity index is 1610. The van der Waals surface area contributed by atoms with Gasteiger partial charge in [-0.15, -0.1) is 0 Å². The Labute approximate surface area is 206 Å². The standard InChI is InChI=1S/C28H22F2N4O2/c1-16-4-11-25-21(12-16)22(28(35)33-27-13-18(29)5-10-24(27)30)14-26(32-25)23-15-31-34(17(23)2)19-6-8-20(36-3)9-7-19/h4-15H,1-3H3,(H,33,35). The molecule has 0 fully saturated rings. The second kappa shape index (κ2) is 9.22. The Hall–Kier alpha value is -4.59. The van der Waals surface area contributed by atoms with Gasteiger partial charge in [0.1, 0.15) is 17.4 Å². The topological polar surface area (TPSA) is 69.0 Å². The fourth-order valence-corrected chi connectivity index (χ4v) is 4.09. The summed E-state index contributed by atoms with van der Waals surface area (Å²) in [5, 5.41) is 7.62. The zero-order valence-corrected chi connectivity index (χ0v) is 19.8. The summed E-state index contributed by atoms with van der Waals surface area (Å²) in [6.45, 7) is 3.82. The number of aromatic nitrogens is 3. The molecule has 0 atom stereocenters. The lowest BCUT2D eigenvalue weighted by Crippen LogP contribution is -2.14. The third-order valence-corrected chi connectivity index (χ3v) is 5.99. The first-order valence-corrected chi connectivity index (χ1v) is 11.2. The number of nitrogens with one attached hydrogen (secondary N) is 1. The number of hydrogen-bond acceptors (Lipinski definition) is 4. The molecule has 1 N–H and O–H groups in total. The SMILES string of the molecule is COc1ccc(-n2ncc(-c3cc(C(=O)Nc4cc(F)ccc4F)c4cc(C)ccc4n3)c2C)cc1. The number of carbonyl (C=O) groups is 1. The molecular formula is C28H22F2N4O2. The van der Waals surface area contributed by atoms with Crippen LogP contribution >= 0.6 is 0 Å². The normalized spacial score (nSPS) is 11.0. The molecular weight excluding hydrogens is 462 g/mol. The van der Waals surface area contributed by atoms with Gasteiger partial charge in [0.25, 0.3) is 5.91 Å². The van der Waals surface area contributed by atoms with Crippen molar-refractivity contribution in [2.75, 3.05) is 12.4 Å². The molecule has 8 heteroatoms. The summed E-state index contributed by atoms with van der Waals surface area (Å²) >= 11 is 0. The van der Waals surface area contributed by atoms with Gasteiger partial charge in [0.15, 0.2) is 0 Å². The number of halogens is 2. The number of fused-ring (bicyclic) bond motifs is 1. The minimum Gasteiger partial charge on any atom is -0.497 e. The van der Waals surface area contributed by atoms with Gasteiger partial charge in [-0.1, -0.05) is 11.6 Å². The van der Waals surface area contributed by atoms with E-state index in [2.05, 4.69) is 10.4 Å². The number of methoxy groups -OCH3 is 1. The molecule has 0 aliphatic heterocycles. The van der Waals surface area contributed by atoms with E-state index >= 15 is 0 Å². The Morgan fingerprint density at radius 3 is 2.50 bits per heavy atom. The van der Waals surface area contributed by atoms with Crippen molar-refractivity contribution in [2.45, 2.75) is 13.8 Å². The van der Waals surface area contributed by atoms with E-state index in [0.717, 1.165) is 46.5 Å². The van der Waals surface area contributed by atoms with Gasteiger partial charge in [-0.3, -0.25) is 4.79 Å². The number of ether oxygens (including phenoxy) is 1. The van der Waals surface area contributed by atoms with E-state index in [-0.39, 0.29) is 5.69 Å². The highest BCUT2D eigenvalue weighted by molar-refractivity contribution is 6.13. The summed E-state index contributed by atoms with van der Waals surface area (Å²) < 4.78 is 34.9. The van der Waals surface area contributed by atoms with Gasteiger partial charge in [-0.05, 0) is 68.4 Å². The highest BCUT2D eigenvalue weighted by atomic mass is 19.1. The summed E-state index contributed by atoms with van der Waals surface area (Å²) in [4.78, 5) is 18.1. The van der Waals surface area contributed by atoms with Gasteiger partial charge in [-0.25, -0.2) is 18.4 Å². The molecule has 3 aromatic carbocycles. The van der Waals surface area contributed by atoms with Gasteiger partial charge in [0, 0.05) is 17.0 Å². The molecule has 0 unspecified atom stereocenters. The molecule has 0 bridgehead atoms. The largest absolute Gasteiger partial charge is 0.497 e. The van der Waals surface area contributed by atoms with Crippen LogP contribution in [0, 0.1) is 25.5 Å². The second-order valence-electron chi connectivity index (χ2n) is 8.41. The molecule has 0 radical (unpaired) electrons. The monoisotopic (exact) mass is 484 g/mol. The number of nitrogens with zero attached hydrogens (tertiary/aromatic N) is 3. The predicted octanol–water partition coefficient (Wildman–Crippen LogP) is 6.24. The van der Waals surface area contributed by atoms with Crippen molar-refractivity contribution >= 4 is 22.5 Å². The van der Waals surface area contributed by atoms with E-state index in [1.54, 1.807) is 24.1 Å². The Morgan fingerprint density at radius 2 is 1.75 bits per heavy atom. The number of pyridine rings is 1. The van der Waals surface area contributed by atoms with Crippen molar-refractivity contribution in [1.82, 2.24) is 14.8 Å². The first-order chi connectivity index (χ1) is 17.3. The number of benzene rings is 3. The number of aryl methyl sites for hydroxylation is 1. The fraction of sp³-hybridized carbons (Fsp3) is 0.107. The second-order valence-corrected chi connectivity index (χ2v) is 8.41. The molecule has 2 aromatic heterocycles. The van der Waals surface area contributed by atoms with Gasteiger partial charge in [0.2, 0.25) is 0 Å². The molecule has 5 rings (SSSR count). The number of amides is 1. The third-order valence-electron chi connectivity index (χ3n) is 5.99. The van der Waals surface area contributed by atoms with Crippen molar-refractivity contribution in [3.63, 3.8) is 0 Å². The zero-order valence-electron chi connectivity index (χ0n) is 19.8. The number of rotatable bonds is 5. The van der Waals surface area contributed by atoms with Crippen LogP contribution in [0.1, 0.15) is 21.6 Å². The van der Waals surface area contributed by atoms with Gasteiger partial charge < -0.3 is 10.1 Å². The van der Waals surface area contributed by atoms with Crippen molar-refractivity contribution in [3.05, 3.63) is 101 Å². The van der Waals surface area contributed by atoms with E-state index in [1.807, 2.05) is 56.3 Å². The molecule has 2 heterocycles. The summed E-state index contributed by atoms with van der Waals surface area (Å²) in [6, 6.07) is 17.6. The number of hydrogen-bond donors (Lipinski definition) is 1. The van der Waals surface area contributed by atoms with Crippen LogP contribution < -0.4 is 10.1 Å². The predicted molar refractivity (Wildman–Crippen MR) is 135 cm³/mol. The van der Waals surface area contributed by atoms with Crippen LogP contribution in [-0.4, -0.2) is 27.8 Å². The van der Waals surface area contributed by atoms with E-state index in [0.29, 0.717) is 22.2 Å². The minimum absolute atomic E-state index is 0.234. The maximum Gasteiger partial charge on any atom is 0.256 e. The molecule has 0 spiro atoms. The van der Waals surface area contributed by atoms with Crippen LogP contribution in [0.2, 0.25) is 0 Å². The van der Waals surface area contributed by atoms with Crippen LogP contribution in [-0.2, 0) is 0 Å². The average molecular weight is 485 g/mol. The first kappa shape index (κ1) is 23.2. The van der Waals surface area contributed by atoms with Crippen LogP contribution in [0.15, 0.2) is 72.9 Å². The summed E-state index contributed by atoms with van der Waals surface area (Å²) in [6.07, 6.45) is 1.69.